The molecule has 0 atom stereocenters. The quantitative estimate of drug-likeness (QED) is 0.925. The van der Waals surface area contributed by atoms with Crippen molar-refractivity contribution in [3.8, 4) is 10.6 Å². The zero-order chi connectivity index (χ0) is 14.2. The number of thiazole rings is 1. The van der Waals surface area contributed by atoms with Crippen molar-refractivity contribution >= 4 is 32.4 Å². The van der Waals surface area contributed by atoms with Crippen molar-refractivity contribution in [2.45, 2.75) is 18.9 Å². The van der Waals surface area contributed by atoms with Gasteiger partial charge in [0.05, 0.1) is 10.6 Å². The molecule has 1 radical (unpaired) electrons. The van der Waals surface area contributed by atoms with Crippen molar-refractivity contribution < 1.29 is 17.6 Å². The standard InChI is InChI=1S/C10H10N3O4S2/c1-5-9(18-10(12-5)13-6(2)14)7-3-4-8(17-7)19(11,15)16/h3-4,11H,1-2H3,(H,12,13,14). The fourth-order valence-electron chi connectivity index (χ4n) is 1.42. The molecule has 2 heterocycles. The molecule has 2 rings (SSSR count). The van der Waals surface area contributed by atoms with E-state index < -0.39 is 15.1 Å². The third-order valence-electron chi connectivity index (χ3n) is 2.15. The van der Waals surface area contributed by atoms with Gasteiger partial charge in [-0.1, -0.05) is 11.3 Å². The lowest BCUT2D eigenvalue weighted by Crippen LogP contribution is -2.04. The van der Waals surface area contributed by atoms with Crippen LogP contribution in [0.4, 0.5) is 5.13 Å². The number of furan rings is 1. The first-order valence-corrected chi connectivity index (χ1v) is 7.42. The van der Waals surface area contributed by atoms with Gasteiger partial charge >= 0.3 is 0 Å². The van der Waals surface area contributed by atoms with Crippen molar-refractivity contribution in [1.29, 1.82) is 0 Å². The van der Waals surface area contributed by atoms with Gasteiger partial charge in [-0.05, 0) is 19.1 Å². The Balaban J connectivity index is 2.39. The molecule has 0 aromatic carbocycles. The van der Waals surface area contributed by atoms with Crippen LogP contribution in [-0.2, 0) is 14.8 Å². The topological polar surface area (TPSA) is 113 Å². The van der Waals surface area contributed by atoms with Gasteiger partial charge in [0.15, 0.2) is 5.13 Å². The number of hydrogen-bond acceptors (Lipinski definition) is 6. The summed E-state index contributed by atoms with van der Waals surface area (Å²) in [5.74, 6) is 0.0617. The minimum absolute atomic E-state index is 0.242. The van der Waals surface area contributed by atoms with E-state index in [0.717, 1.165) is 0 Å². The maximum atomic E-state index is 11.0. The van der Waals surface area contributed by atoms with Crippen molar-refractivity contribution in [2.24, 2.45) is 0 Å². The second-order valence-electron chi connectivity index (χ2n) is 3.74. The fraction of sp³-hybridized carbons (Fsp3) is 0.200. The van der Waals surface area contributed by atoms with Crippen molar-refractivity contribution in [3.63, 3.8) is 0 Å². The molecule has 1 amide bonds. The number of amides is 1. The lowest BCUT2D eigenvalue weighted by atomic mass is 10.3. The number of sulfonamides is 1. The van der Waals surface area contributed by atoms with Gasteiger partial charge in [-0.2, -0.15) is 0 Å². The Kier molecular flexibility index (Phi) is 3.43. The van der Waals surface area contributed by atoms with E-state index in [-0.39, 0.29) is 5.91 Å². The monoisotopic (exact) mass is 300 g/mol. The molecule has 0 spiro atoms. The Hall–Kier alpha value is -1.71. The Labute approximate surface area is 113 Å². The fourth-order valence-corrected chi connectivity index (χ4v) is 2.84. The molecular formula is C10H10N3O4S2. The van der Waals surface area contributed by atoms with E-state index in [2.05, 4.69) is 10.3 Å². The summed E-state index contributed by atoms with van der Waals surface area (Å²) in [7, 11) is -4.12. The number of aryl methyl sites for hydroxylation is 1. The summed E-state index contributed by atoms with van der Waals surface area (Å²) in [4.78, 5) is 15.7. The Morgan fingerprint density at radius 2 is 2.16 bits per heavy atom. The summed E-state index contributed by atoms with van der Waals surface area (Å²) in [6.45, 7) is 3.09. The van der Waals surface area contributed by atoms with Crippen molar-refractivity contribution in [1.82, 2.24) is 10.1 Å². The van der Waals surface area contributed by atoms with Gasteiger partial charge in [0.2, 0.25) is 11.0 Å². The molecule has 0 fully saturated rings. The van der Waals surface area contributed by atoms with E-state index in [1.54, 1.807) is 6.92 Å². The SMILES string of the molecule is CC(=O)Nc1nc(C)c(-c2ccc(S([NH])(=O)=O)o2)s1. The maximum absolute atomic E-state index is 11.0. The lowest BCUT2D eigenvalue weighted by molar-refractivity contribution is -0.114. The molecule has 9 heteroatoms. The van der Waals surface area contributed by atoms with Crippen molar-refractivity contribution in [2.75, 3.05) is 5.32 Å². The largest absolute Gasteiger partial charge is 0.442 e. The van der Waals surface area contributed by atoms with E-state index in [9.17, 15) is 13.2 Å². The number of carbonyl (C=O) groups is 1. The third-order valence-corrected chi connectivity index (χ3v) is 3.99. The van der Waals surface area contributed by atoms with Gasteiger partial charge in [0.25, 0.3) is 10.0 Å². The number of aromatic nitrogens is 1. The molecule has 0 aliphatic rings. The minimum Gasteiger partial charge on any atom is -0.442 e. The molecule has 0 unspecified atom stereocenters. The van der Waals surface area contributed by atoms with Gasteiger partial charge in [-0.15, -0.1) is 5.14 Å². The van der Waals surface area contributed by atoms with Gasteiger partial charge < -0.3 is 9.73 Å². The molecule has 7 nitrogen and oxygen atoms in total. The summed E-state index contributed by atoms with van der Waals surface area (Å²) in [5, 5.41) is 9.44. The van der Waals surface area contributed by atoms with Gasteiger partial charge in [-0.25, -0.2) is 13.4 Å². The predicted molar refractivity (Wildman–Crippen MR) is 69.1 cm³/mol. The zero-order valence-electron chi connectivity index (χ0n) is 10.1. The van der Waals surface area contributed by atoms with Crippen LogP contribution in [0.1, 0.15) is 12.6 Å². The van der Waals surface area contributed by atoms with E-state index in [0.29, 0.717) is 21.5 Å². The number of anilines is 1. The molecule has 19 heavy (non-hydrogen) atoms. The molecular weight excluding hydrogens is 290 g/mol. The second kappa shape index (κ2) is 4.76. The average Bonchev–Trinajstić information content (AvgIpc) is 2.82. The number of hydrogen-bond donors (Lipinski definition) is 1. The first-order valence-electron chi connectivity index (χ1n) is 5.12. The number of carbonyl (C=O) groups excluding carboxylic acids is 1. The summed E-state index contributed by atoms with van der Waals surface area (Å²) in [6.07, 6.45) is 0. The molecule has 0 saturated carbocycles. The van der Waals surface area contributed by atoms with Gasteiger partial charge in [0.1, 0.15) is 5.76 Å². The second-order valence-corrected chi connectivity index (χ2v) is 6.15. The minimum atomic E-state index is -4.12. The highest BCUT2D eigenvalue weighted by Crippen LogP contribution is 2.34. The highest BCUT2D eigenvalue weighted by molar-refractivity contribution is 7.88. The van der Waals surface area contributed by atoms with Crippen LogP contribution in [0.3, 0.4) is 0 Å². The van der Waals surface area contributed by atoms with Crippen LogP contribution in [0.2, 0.25) is 0 Å². The number of rotatable bonds is 3. The Morgan fingerprint density at radius 1 is 1.47 bits per heavy atom. The van der Waals surface area contributed by atoms with E-state index in [1.807, 2.05) is 0 Å². The van der Waals surface area contributed by atoms with Crippen LogP contribution in [0.5, 0.6) is 0 Å². The third kappa shape index (κ3) is 3.00. The van der Waals surface area contributed by atoms with Gasteiger partial charge in [0, 0.05) is 6.92 Å². The van der Waals surface area contributed by atoms with E-state index in [1.165, 1.54) is 30.4 Å². The molecule has 2 aromatic rings. The van der Waals surface area contributed by atoms with E-state index >= 15 is 0 Å². The molecule has 0 aliphatic carbocycles. The first-order chi connectivity index (χ1) is 8.77. The number of nitrogens with zero attached hydrogens (tertiary/aromatic N) is 1. The first kappa shape index (κ1) is 13.7. The molecule has 2 N–H and O–H groups in total. The normalized spacial score (nSPS) is 11.5. The summed E-state index contributed by atoms with van der Waals surface area (Å²) < 4.78 is 27.1. The summed E-state index contributed by atoms with van der Waals surface area (Å²) in [5.41, 5.74) is 0.608. The molecule has 0 aliphatic heterocycles. The maximum Gasteiger partial charge on any atom is 0.287 e. The van der Waals surface area contributed by atoms with Crippen LogP contribution >= 0.6 is 11.3 Å². The van der Waals surface area contributed by atoms with E-state index in [4.69, 9.17) is 9.56 Å². The predicted octanol–water partition coefficient (Wildman–Crippen LogP) is 1.64. The van der Waals surface area contributed by atoms with Gasteiger partial charge in [-0.3, -0.25) is 4.79 Å². The van der Waals surface area contributed by atoms with Crippen LogP contribution in [-0.4, -0.2) is 19.3 Å². The van der Waals surface area contributed by atoms with Crippen LogP contribution in [0.15, 0.2) is 21.6 Å². The highest BCUT2D eigenvalue weighted by atomic mass is 32.2. The van der Waals surface area contributed by atoms with Crippen molar-refractivity contribution in [3.05, 3.63) is 17.8 Å². The zero-order valence-corrected chi connectivity index (χ0v) is 11.7. The van der Waals surface area contributed by atoms with Crippen LogP contribution in [0, 0.1) is 6.92 Å². The summed E-state index contributed by atoms with van der Waals surface area (Å²) >= 11 is 1.17. The van der Waals surface area contributed by atoms with Crippen LogP contribution < -0.4 is 10.5 Å². The smallest absolute Gasteiger partial charge is 0.287 e. The number of nitrogens with one attached hydrogen (secondary N) is 2. The lowest BCUT2D eigenvalue weighted by Gasteiger charge is -1.93. The molecule has 101 valence electrons. The highest BCUT2D eigenvalue weighted by Gasteiger charge is 2.18. The summed E-state index contributed by atoms with van der Waals surface area (Å²) in [6, 6.07) is 2.67. The molecule has 2 aromatic heterocycles. The average molecular weight is 300 g/mol. The Bertz CT molecular complexity index is 730. The van der Waals surface area contributed by atoms with Crippen LogP contribution in [0.25, 0.3) is 10.6 Å². The molecule has 0 saturated heterocycles. The Morgan fingerprint density at radius 3 is 2.68 bits per heavy atom. The molecule has 0 bridgehead atoms.